The van der Waals surface area contributed by atoms with E-state index in [2.05, 4.69) is 92.2 Å². The number of nitrogens with zero attached hydrogens (tertiary/aromatic N) is 7. The molecule has 1 aromatic heterocycles. The first-order valence-corrected chi connectivity index (χ1v) is 12.5. The van der Waals surface area contributed by atoms with E-state index in [-0.39, 0.29) is 6.04 Å². The zero-order chi connectivity index (χ0) is 24.5. The summed E-state index contributed by atoms with van der Waals surface area (Å²) in [6, 6.07) is 17.1. The number of allylic oxidation sites excluding steroid dienone is 2. The minimum atomic E-state index is 0.172. The van der Waals surface area contributed by atoms with Gasteiger partial charge in [-0.3, -0.25) is 0 Å². The Morgan fingerprint density at radius 2 is 1.81 bits per heavy atom. The number of fused-ring (bicyclic) bond motifs is 1. The molecule has 0 bridgehead atoms. The van der Waals surface area contributed by atoms with Gasteiger partial charge in [0.2, 0.25) is 5.82 Å². The van der Waals surface area contributed by atoms with Gasteiger partial charge in [0.15, 0.2) is 0 Å². The third-order valence-corrected chi connectivity index (χ3v) is 6.92. The molecule has 9 heteroatoms. The van der Waals surface area contributed by atoms with Gasteiger partial charge in [-0.05, 0) is 46.9 Å². The second-order valence-electron chi connectivity index (χ2n) is 9.26. The molecule has 3 aliphatic heterocycles. The van der Waals surface area contributed by atoms with E-state index in [9.17, 15) is 0 Å². The van der Waals surface area contributed by atoms with Crippen LogP contribution in [0.4, 0.5) is 0 Å². The van der Waals surface area contributed by atoms with Gasteiger partial charge < -0.3 is 4.74 Å². The number of ether oxygens (including phenoxy) is 1. The quantitative estimate of drug-likeness (QED) is 0.571. The summed E-state index contributed by atoms with van der Waals surface area (Å²) in [5.41, 5.74) is 6.87. The zero-order valence-electron chi connectivity index (χ0n) is 20.6. The molecule has 1 unspecified atom stereocenters. The summed E-state index contributed by atoms with van der Waals surface area (Å²) in [5.74, 6) is 1.62. The van der Waals surface area contributed by atoms with Gasteiger partial charge in [0.05, 0.1) is 19.3 Å². The van der Waals surface area contributed by atoms with Crippen LogP contribution >= 0.6 is 0 Å². The van der Waals surface area contributed by atoms with Crippen LogP contribution in [0.25, 0.3) is 22.5 Å². The summed E-state index contributed by atoms with van der Waals surface area (Å²) in [6.45, 7) is 7.57. The number of hydrogen-bond donors (Lipinski definition) is 1. The van der Waals surface area contributed by atoms with Crippen LogP contribution in [0.1, 0.15) is 25.8 Å². The van der Waals surface area contributed by atoms with Crippen LogP contribution in [0.15, 0.2) is 77.2 Å². The van der Waals surface area contributed by atoms with Gasteiger partial charge in [0, 0.05) is 37.0 Å². The first kappa shape index (κ1) is 22.6. The van der Waals surface area contributed by atoms with Crippen LogP contribution in [0.5, 0.6) is 0 Å². The van der Waals surface area contributed by atoms with Gasteiger partial charge in [-0.1, -0.05) is 55.5 Å². The van der Waals surface area contributed by atoms with Crippen molar-refractivity contribution in [2.24, 2.45) is 4.99 Å². The van der Waals surface area contributed by atoms with E-state index in [0.29, 0.717) is 5.82 Å². The molecule has 9 nitrogen and oxygen atoms in total. The van der Waals surface area contributed by atoms with E-state index >= 15 is 0 Å². The van der Waals surface area contributed by atoms with Crippen LogP contribution in [-0.2, 0) is 11.2 Å². The molecular weight excluding hydrogens is 452 g/mol. The SMILES string of the molecule is CCC1=NC2=CC(C)=CN(N3CCOCC3)N2C1Cc1ccc(-c2ccccc2-c2nn[nH]n2)cc1. The van der Waals surface area contributed by atoms with Gasteiger partial charge in [-0.2, -0.15) is 10.2 Å². The van der Waals surface area contributed by atoms with Crippen molar-refractivity contribution in [2.75, 3.05) is 26.3 Å². The number of aromatic amines is 1. The number of hydrogen-bond acceptors (Lipinski definition) is 8. The lowest BCUT2D eigenvalue weighted by molar-refractivity contribution is -0.167. The molecule has 0 saturated carbocycles. The third kappa shape index (κ3) is 4.20. The molecular formula is C27H30N8O. The maximum Gasteiger partial charge on any atom is 0.205 e. The second kappa shape index (κ2) is 9.67. The summed E-state index contributed by atoms with van der Waals surface area (Å²) in [7, 11) is 0. The molecule has 6 rings (SSSR count). The van der Waals surface area contributed by atoms with Crippen LogP contribution < -0.4 is 0 Å². The van der Waals surface area contributed by atoms with Crippen molar-refractivity contribution in [3.05, 3.63) is 77.8 Å². The molecule has 1 fully saturated rings. The number of benzene rings is 2. The summed E-state index contributed by atoms with van der Waals surface area (Å²) in [4.78, 5) is 5.05. The fourth-order valence-electron chi connectivity index (χ4n) is 5.15. The molecule has 4 heterocycles. The van der Waals surface area contributed by atoms with Crippen LogP contribution in [0.3, 0.4) is 0 Å². The van der Waals surface area contributed by atoms with Crippen molar-refractivity contribution in [3.63, 3.8) is 0 Å². The standard InChI is InChI=1S/C27H30N8O/c1-3-24-25(35-26(28-24)16-19(2)18-34(35)33-12-14-36-15-13-33)17-20-8-10-21(11-9-20)22-6-4-5-7-23(22)27-29-31-32-30-27/h4-11,16,18,25H,3,12-15,17H2,1-2H3,(H,29,30,31,32). The highest BCUT2D eigenvalue weighted by Crippen LogP contribution is 2.34. The van der Waals surface area contributed by atoms with Gasteiger partial charge in [0.1, 0.15) is 5.82 Å². The summed E-state index contributed by atoms with van der Waals surface area (Å²) < 4.78 is 5.61. The third-order valence-electron chi connectivity index (χ3n) is 6.92. The zero-order valence-corrected chi connectivity index (χ0v) is 20.6. The van der Waals surface area contributed by atoms with E-state index in [1.165, 1.54) is 16.8 Å². The fourth-order valence-corrected chi connectivity index (χ4v) is 5.15. The smallest absolute Gasteiger partial charge is 0.205 e. The number of tetrazole rings is 1. The van der Waals surface area contributed by atoms with Gasteiger partial charge in [0.25, 0.3) is 0 Å². The van der Waals surface area contributed by atoms with Crippen LogP contribution in [-0.4, -0.2) is 73.8 Å². The molecule has 2 aromatic carbocycles. The van der Waals surface area contributed by atoms with E-state index in [0.717, 1.165) is 61.7 Å². The first-order valence-electron chi connectivity index (χ1n) is 12.5. The lowest BCUT2D eigenvalue weighted by atomic mass is 9.95. The Hall–Kier alpha value is -3.82. The van der Waals surface area contributed by atoms with E-state index < -0.39 is 0 Å². The Bertz CT molecular complexity index is 1310. The molecule has 0 aliphatic carbocycles. The highest BCUT2D eigenvalue weighted by Gasteiger charge is 2.38. The number of aliphatic imine (C=N–C) groups is 1. The Morgan fingerprint density at radius 3 is 2.53 bits per heavy atom. The van der Waals surface area contributed by atoms with Gasteiger partial charge in [-0.15, -0.1) is 10.2 Å². The predicted octanol–water partition coefficient (Wildman–Crippen LogP) is 3.83. The van der Waals surface area contributed by atoms with Crippen molar-refractivity contribution in [1.82, 2.24) is 35.8 Å². The van der Waals surface area contributed by atoms with Crippen molar-refractivity contribution >= 4 is 5.71 Å². The largest absolute Gasteiger partial charge is 0.379 e. The summed E-state index contributed by atoms with van der Waals surface area (Å²) in [5, 5.41) is 21.6. The lowest BCUT2D eigenvalue weighted by Gasteiger charge is -2.46. The van der Waals surface area contributed by atoms with Crippen molar-refractivity contribution in [2.45, 2.75) is 32.7 Å². The number of morpholine rings is 1. The number of rotatable bonds is 6. The molecule has 0 radical (unpaired) electrons. The lowest BCUT2D eigenvalue weighted by Crippen LogP contribution is -2.57. The molecule has 0 spiro atoms. The summed E-state index contributed by atoms with van der Waals surface area (Å²) in [6.07, 6.45) is 6.20. The highest BCUT2D eigenvalue weighted by atomic mass is 16.5. The Kier molecular flexibility index (Phi) is 6.08. The van der Waals surface area contributed by atoms with Gasteiger partial charge >= 0.3 is 0 Å². The van der Waals surface area contributed by atoms with Crippen molar-refractivity contribution in [3.8, 4) is 22.5 Å². The van der Waals surface area contributed by atoms with Crippen LogP contribution in [0.2, 0.25) is 0 Å². The molecule has 3 aliphatic rings. The average molecular weight is 483 g/mol. The molecule has 1 atom stereocenters. The Labute approximate surface area is 210 Å². The van der Waals surface area contributed by atoms with Gasteiger partial charge in [-0.25, -0.2) is 15.1 Å². The Balaban J connectivity index is 1.27. The molecule has 1 saturated heterocycles. The molecule has 0 amide bonds. The summed E-state index contributed by atoms with van der Waals surface area (Å²) >= 11 is 0. The van der Waals surface area contributed by atoms with Crippen LogP contribution in [0, 0.1) is 0 Å². The Morgan fingerprint density at radius 1 is 1.03 bits per heavy atom. The van der Waals surface area contributed by atoms with E-state index in [1.807, 2.05) is 18.2 Å². The number of nitrogens with one attached hydrogen (secondary N) is 1. The minimum absolute atomic E-state index is 0.172. The predicted molar refractivity (Wildman–Crippen MR) is 138 cm³/mol. The molecule has 1 N–H and O–H groups in total. The molecule has 184 valence electrons. The normalized spacial score (nSPS) is 20.2. The first-order chi connectivity index (χ1) is 17.7. The number of hydrazine groups is 2. The van der Waals surface area contributed by atoms with Crippen molar-refractivity contribution in [1.29, 1.82) is 0 Å². The topological polar surface area (TPSA) is 85.8 Å². The maximum atomic E-state index is 5.61. The molecule has 36 heavy (non-hydrogen) atoms. The van der Waals surface area contributed by atoms with Crippen molar-refractivity contribution < 1.29 is 4.74 Å². The molecule has 3 aromatic rings. The fraction of sp³-hybridized carbons (Fsp3) is 0.333. The van der Waals surface area contributed by atoms with E-state index in [1.54, 1.807) is 0 Å². The minimum Gasteiger partial charge on any atom is -0.379 e. The highest BCUT2D eigenvalue weighted by molar-refractivity contribution is 5.92. The average Bonchev–Trinajstić information content (AvgIpc) is 3.58. The maximum absolute atomic E-state index is 5.61. The number of H-pyrrole nitrogens is 1. The number of aromatic nitrogens is 4. The second-order valence-corrected chi connectivity index (χ2v) is 9.26. The monoisotopic (exact) mass is 482 g/mol. The van der Waals surface area contributed by atoms with E-state index in [4.69, 9.17) is 9.73 Å².